The molecule has 1 aliphatic heterocycles. The number of nitrogens with one attached hydrogen (secondary N) is 1. The SMILES string of the molecule is CC1CCN(C)CC1.CNc1ccc(C(C)=O)cc1.Cc1ccccc1. The standard InChI is InChI=1S/C9H11NO.C7H15N.C7H8/c1-7(11)8-3-5-9(10-2)6-4-8;1-7-3-5-8(2)6-4-7;1-7-5-3-2-4-6-7/h3-6,10H,1-2H3;7H,3-6H2,1-2H3;2-6H,1H3. The summed E-state index contributed by atoms with van der Waals surface area (Å²) in [5.41, 5.74) is 3.10. The van der Waals surface area contributed by atoms with Crippen molar-refractivity contribution in [1.29, 1.82) is 0 Å². The number of Topliss-reactive ketones (excluding diaryl/α,β-unsaturated/α-hetero) is 1. The van der Waals surface area contributed by atoms with Gasteiger partial charge in [-0.3, -0.25) is 4.79 Å². The zero-order valence-corrected chi connectivity index (χ0v) is 17.0. The molecule has 3 rings (SSSR count). The maximum atomic E-state index is 10.8. The van der Waals surface area contributed by atoms with Crippen LogP contribution in [-0.2, 0) is 0 Å². The number of hydrogen-bond donors (Lipinski definition) is 1. The summed E-state index contributed by atoms with van der Waals surface area (Å²) in [5, 5.41) is 2.98. The fourth-order valence-electron chi connectivity index (χ4n) is 2.54. The third-order valence-electron chi connectivity index (χ3n) is 4.53. The Bertz CT molecular complexity index is 604. The number of likely N-dealkylation sites (tertiary alicyclic amines) is 1. The molecule has 1 aliphatic rings. The quantitative estimate of drug-likeness (QED) is 0.745. The van der Waals surface area contributed by atoms with E-state index in [0.717, 1.165) is 17.2 Å². The number of anilines is 1. The fourth-order valence-corrected chi connectivity index (χ4v) is 2.54. The molecule has 26 heavy (non-hydrogen) atoms. The molecule has 142 valence electrons. The summed E-state index contributed by atoms with van der Waals surface area (Å²) in [6.07, 6.45) is 2.80. The number of benzene rings is 2. The molecule has 0 aromatic heterocycles. The Morgan fingerprint density at radius 3 is 1.88 bits per heavy atom. The first kappa shape index (κ1) is 21.9. The van der Waals surface area contributed by atoms with Gasteiger partial charge < -0.3 is 10.2 Å². The number of carbonyl (C=O) groups is 1. The van der Waals surface area contributed by atoms with Gasteiger partial charge in [-0.25, -0.2) is 0 Å². The summed E-state index contributed by atoms with van der Waals surface area (Å²) in [7, 11) is 4.05. The molecule has 0 radical (unpaired) electrons. The summed E-state index contributed by atoms with van der Waals surface area (Å²) in [4.78, 5) is 13.2. The highest BCUT2D eigenvalue weighted by atomic mass is 16.1. The van der Waals surface area contributed by atoms with E-state index >= 15 is 0 Å². The molecule has 1 fully saturated rings. The number of hydrogen-bond acceptors (Lipinski definition) is 3. The first-order chi connectivity index (χ1) is 12.4. The molecule has 2 aromatic carbocycles. The van der Waals surface area contributed by atoms with Crippen LogP contribution in [0, 0.1) is 12.8 Å². The molecule has 0 spiro atoms. The second-order valence-electron chi connectivity index (χ2n) is 7.02. The molecule has 0 bridgehead atoms. The van der Waals surface area contributed by atoms with E-state index in [4.69, 9.17) is 0 Å². The summed E-state index contributed by atoms with van der Waals surface area (Å²) in [5.74, 6) is 1.08. The first-order valence-electron chi connectivity index (χ1n) is 9.41. The molecular weight excluding hydrogens is 320 g/mol. The molecule has 0 unspecified atom stereocenters. The van der Waals surface area contributed by atoms with Crippen LogP contribution >= 0.6 is 0 Å². The fraction of sp³-hybridized carbons (Fsp3) is 0.435. The van der Waals surface area contributed by atoms with Crippen molar-refractivity contribution in [2.75, 3.05) is 32.5 Å². The number of rotatable bonds is 2. The summed E-state index contributed by atoms with van der Waals surface area (Å²) in [6.45, 7) is 8.60. The zero-order chi connectivity index (χ0) is 19.4. The maximum Gasteiger partial charge on any atom is 0.159 e. The predicted molar refractivity (Wildman–Crippen MR) is 113 cm³/mol. The van der Waals surface area contributed by atoms with Crippen molar-refractivity contribution < 1.29 is 4.79 Å². The Labute approximate surface area is 159 Å². The van der Waals surface area contributed by atoms with Gasteiger partial charge in [0.05, 0.1) is 0 Å². The van der Waals surface area contributed by atoms with Crippen LogP contribution in [0.5, 0.6) is 0 Å². The topological polar surface area (TPSA) is 32.3 Å². The van der Waals surface area contributed by atoms with E-state index in [-0.39, 0.29) is 5.78 Å². The molecule has 0 amide bonds. The monoisotopic (exact) mass is 354 g/mol. The average molecular weight is 355 g/mol. The van der Waals surface area contributed by atoms with Gasteiger partial charge in [0.25, 0.3) is 0 Å². The molecule has 1 saturated heterocycles. The lowest BCUT2D eigenvalue weighted by atomic mass is 10.00. The Kier molecular flexibility index (Phi) is 10.3. The largest absolute Gasteiger partial charge is 0.388 e. The van der Waals surface area contributed by atoms with E-state index in [1.54, 1.807) is 6.92 Å². The molecule has 0 aliphatic carbocycles. The average Bonchev–Trinajstić information content (AvgIpc) is 2.66. The Hall–Kier alpha value is -2.13. The number of nitrogens with zero attached hydrogens (tertiary/aromatic N) is 1. The van der Waals surface area contributed by atoms with Crippen LogP contribution in [0.25, 0.3) is 0 Å². The summed E-state index contributed by atoms with van der Waals surface area (Å²) >= 11 is 0. The number of carbonyl (C=O) groups excluding carboxylic acids is 1. The minimum Gasteiger partial charge on any atom is -0.388 e. The van der Waals surface area contributed by atoms with Crippen LogP contribution in [-0.4, -0.2) is 37.9 Å². The lowest BCUT2D eigenvalue weighted by Gasteiger charge is -2.26. The Morgan fingerprint density at radius 1 is 1.00 bits per heavy atom. The van der Waals surface area contributed by atoms with Crippen molar-refractivity contribution in [2.45, 2.75) is 33.6 Å². The van der Waals surface area contributed by atoms with Gasteiger partial charge in [0, 0.05) is 18.3 Å². The van der Waals surface area contributed by atoms with E-state index in [1.165, 1.54) is 31.5 Å². The number of aryl methyl sites for hydroxylation is 1. The minimum atomic E-state index is 0.104. The molecule has 1 heterocycles. The van der Waals surface area contributed by atoms with Crippen molar-refractivity contribution in [3.63, 3.8) is 0 Å². The smallest absolute Gasteiger partial charge is 0.159 e. The normalized spacial score (nSPS) is 14.3. The molecule has 0 saturated carbocycles. The zero-order valence-electron chi connectivity index (χ0n) is 17.0. The van der Waals surface area contributed by atoms with E-state index in [1.807, 2.05) is 49.5 Å². The van der Waals surface area contributed by atoms with Gasteiger partial charge >= 0.3 is 0 Å². The van der Waals surface area contributed by atoms with Gasteiger partial charge in [0.15, 0.2) is 5.78 Å². The molecule has 2 aromatic rings. The summed E-state index contributed by atoms with van der Waals surface area (Å²) < 4.78 is 0. The highest BCUT2D eigenvalue weighted by Gasteiger charge is 2.10. The van der Waals surface area contributed by atoms with E-state index in [9.17, 15) is 4.79 Å². The molecule has 3 heteroatoms. The van der Waals surface area contributed by atoms with Crippen LogP contribution in [0.3, 0.4) is 0 Å². The van der Waals surface area contributed by atoms with Crippen molar-refractivity contribution in [1.82, 2.24) is 4.90 Å². The van der Waals surface area contributed by atoms with Crippen LogP contribution in [0.1, 0.15) is 42.6 Å². The predicted octanol–water partition coefficient (Wildman–Crippen LogP) is 5.27. The number of piperidine rings is 1. The van der Waals surface area contributed by atoms with Crippen molar-refractivity contribution in [3.05, 3.63) is 65.7 Å². The highest BCUT2D eigenvalue weighted by molar-refractivity contribution is 5.94. The van der Waals surface area contributed by atoms with Gasteiger partial charge in [-0.2, -0.15) is 0 Å². The van der Waals surface area contributed by atoms with Gasteiger partial charge in [-0.05, 0) is 77.0 Å². The minimum absolute atomic E-state index is 0.104. The van der Waals surface area contributed by atoms with Gasteiger partial charge in [0.1, 0.15) is 0 Å². The van der Waals surface area contributed by atoms with Gasteiger partial charge in [-0.1, -0.05) is 42.8 Å². The summed E-state index contributed by atoms with van der Waals surface area (Å²) in [6, 6.07) is 17.7. The molecule has 0 atom stereocenters. The van der Waals surface area contributed by atoms with Crippen LogP contribution in [0.2, 0.25) is 0 Å². The van der Waals surface area contributed by atoms with Crippen LogP contribution in [0.15, 0.2) is 54.6 Å². The van der Waals surface area contributed by atoms with E-state index in [0.29, 0.717) is 0 Å². The van der Waals surface area contributed by atoms with Crippen molar-refractivity contribution >= 4 is 11.5 Å². The second kappa shape index (κ2) is 12.3. The van der Waals surface area contributed by atoms with Crippen molar-refractivity contribution in [3.8, 4) is 0 Å². The maximum absolute atomic E-state index is 10.8. The van der Waals surface area contributed by atoms with Crippen molar-refractivity contribution in [2.24, 2.45) is 5.92 Å². The first-order valence-corrected chi connectivity index (χ1v) is 9.41. The Morgan fingerprint density at radius 2 is 1.54 bits per heavy atom. The Balaban J connectivity index is 0.000000201. The lowest BCUT2D eigenvalue weighted by Crippen LogP contribution is -2.28. The van der Waals surface area contributed by atoms with E-state index in [2.05, 4.69) is 43.2 Å². The van der Waals surface area contributed by atoms with E-state index < -0.39 is 0 Å². The van der Waals surface area contributed by atoms with Gasteiger partial charge in [0.2, 0.25) is 0 Å². The highest BCUT2D eigenvalue weighted by Crippen LogP contribution is 2.13. The molecule has 1 N–H and O–H groups in total. The van der Waals surface area contributed by atoms with Crippen LogP contribution in [0.4, 0.5) is 5.69 Å². The molecular formula is C23H34N2O. The third kappa shape index (κ3) is 9.38. The number of ketones is 1. The van der Waals surface area contributed by atoms with Gasteiger partial charge in [-0.15, -0.1) is 0 Å². The van der Waals surface area contributed by atoms with Crippen LogP contribution < -0.4 is 5.32 Å². The third-order valence-corrected chi connectivity index (χ3v) is 4.53. The second-order valence-corrected chi connectivity index (χ2v) is 7.02. The molecule has 3 nitrogen and oxygen atoms in total. The lowest BCUT2D eigenvalue weighted by molar-refractivity contribution is 0.101.